The molecule has 0 amide bonds. The minimum absolute atomic E-state index is 1.18. The minimum atomic E-state index is 1.18. The van der Waals surface area contributed by atoms with E-state index in [0.717, 1.165) is 0 Å². The number of allylic oxidation sites excluding steroid dienone is 1. The van der Waals surface area contributed by atoms with Gasteiger partial charge in [0, 0.05) is 31.5 Å². The van der Waals surface area contributed by atoms with Crippen molar-refractivity contribution in [2.24, 2.45) is 0 Å². The maximum Gasteiger partial charge on any atom is 0.0268 e. The van der Waals surface area contributed by atoms with E-state index in [2.05, 4.69) is 16.4 Å². The molecule has 13 heavy (non-hydrogen) atoms. The lowest BCUT2D eigenvalue weighted by Gasteiger charge is -2.27. The van der Waals surface area contributed by atoms with Crippen molar-refractivity contribution in [2.75, 3.05) is 19.6 Å². The molecular formula is C11H20N2. The summed E-state index contributed by atoms with van der Waals surface area (Å²) in [7, 11) is 0. The van der Waals surface area contributed by atoms with E-state index < -0.39 is 0 Å². The van der Waals surface area contributed by atoms with Gasteiger partial charge in [-0.15, -0.1) is 0 Å². The lowest BCUT2D eigenvalue weighted by Crippen LogP contribution is -2.28. The van der Waals surface area contributed by atoms with Crippen molar-refractivity contribution in [1.82, 2.24) is 10.2 Å². The lowest BCUT2D eigenvalue weighted by atomic mass is 10.1. The normalized spacial score (nSPS) is 27.4. The average molecular weight is 180 g/mol. The molecule has 0 aromatic heterocycles. The third-order valence-corrected chi connectivity index (χ3v) is 2.95. The van der Waals surface area contributed by atoms with Crippen molar-refractivity contribution in [2.45, 2.75) is 38.5 Å². The first kappa shape index (κ1) is 8.92. The van der Waals surface area contributed by atoms with E-state index in [0.29, 0.717) is 0 Å². The van der Waals surface area contributed by atoms with Gasteiger partial charge in [0.15, 0.2) is 0 Å². The molecular weight excluding hydrogens is 160 g/mol. The van der Waals surface area contributed by atoms with Crippen molar-refractivity contribution in [3.63, 3.8) is 0 Å². The Balaban J connectivity index is 1.85. The summed E-state index contributed by atoms with van der Waals surface area (Å²) in [4.78, 5) is 2.48. The molecule has 2 aliphatic heterocycles. The van der Waals surface area contributed by atoms with Gasteiger partial charge in [0.05, 0.1) is 0 Å². The molecule has 0 spiro atoms. The molecule has 74 valence electrons. The fourth-order valence-electron chi connectivity index (χ4n) is 2.16. The van der Waals surface area contributed by atoms with Crippen LogP contribution in [0.1, 0.15) is 38.5 Å². The maximum atomic E-state index is 3.49. The Bertz CT molecular complexity index is 173. The van der Waals surface area contributed by atoms with Crippen molar-refractivity contribution in [1.29, 1.82) is 0 Å². The van der Waals surface area contributed by atoms with E-state index in [-0.39, 0.29) is 0 Å². The van der Waals surface area contributed by atoms with Crippen LogP contribution in [0.5, 0.6) is 0 Å². The van der Waals surface area contributed by atoms with Gasteiger partial charge in [0.25, 0.3) is 0 Å². The number of likely N-dealkylation sites (tertiary alicyclic amines) is 1. The van der Waals surface area contributed by atoms with Gasteiger partial charge >= 0.3 is 0 Å². The molecule has 2 nitrogen and oxygen atoms in total. The molecule has 0 aromatic rings. The maximum absolute atomic E-state index is 3.49. The smallest absolute Gasteiger partial charge is 0.0268 e. The molecule has 0 aromatic carbocycles. The number of hydrogen-bond donors (Lipinski definition) is 1. The van der Waals surface area contributed by atoms with Gasteiger partial charge < -0.3 is 10.2 Å². The molecule has 2 heteroatoms. The third kappa shape index (κ3) is 2.64. The van der Waals surface area contributed by atoms with Crippen LogP contribution in [0, 0.1) is 0 Å². The highest BCUT2D eigenvalue weighted by Crippen LogP contribution is 2.14. The van der Waals surface area contributed by atoms with Gasteiger partial charge in [0.2, 0.25) is 0 Å². The van der Waals surface area contributed by atoms with Crippen LogP contribution in [0.3, 0.4) is 0 Å². The van der Waals surface area contributed by atoms with Gasteiger partial charge in [0.1, 0.15) is 0 Å². The summed E-state index contributed by atoms with van der Waals surface area (Å²) in [6.07, 6.45) is 10.5. The number of rotatable bonds is 1. The van der Waals surface area contributed by atoms with Crippen LogP contribution >= 0.6 is 0 Å². The van der Waals surface area contributed by atoms with Crippen LogP contribution in [0.4, 0.5) is 0 Å². The Kier molecular flexibility index (Phi) is 3.11. The Morgan fingerprint density at radius 2 is 1.85 bits per heavy atom. The molecule has 2 heterocycles. The van der Waals surface area contributed by atoms with Crippen molar-refractivity contribution < 1.29 is 0 Å². The standard InChI is InChI=1S/C11H20N2/c1-4-8-13(9-5-1)10-11-6-2-3-7-12-11/h10,12H,1-9H2. The second-order valence-electron chi connectivity index (χ2n) is 4.13. The summed E-state index contributed by atoms with van der Waals surface area (Å²) >= 11 is 0. The number of nitrogens with one attached hydrogen (secondary N) is 1. The van der Waals surface area contributed by atoms with Crippen LogP contribution in [-0.4, -0.2) is 24.5 Å². The zero-order valence-electron chi connectivity index (χ0n) is 8.39. The highest BCUT2D eigenvalue weighted by molar-refractivity contribution is 5.01. The van der Waals surface area contributed by atoms with Crippen LogP contribution in [-0.2, 0) is 0 Å². The lowest BCUT2D eigenvalue weighted by molar-refractivity contribution is 0.304. The SMILES string of the molecule is C(=C1CCCCN1)N1CCCCC1. The molecule has 0 atom stereocenters. The molecule has 2 rings (SSSR count). The largest absolute Gasteiger partial charge is 0.387 e. The third-order valence-electron chi connectivity index (χ3n) is 2.95. The zero-order chi connectivity index (χ0) is 8.93. The van der Waals surface area contributed by atoms with E-state index in [1.54, 1.807) is 0 Å². The van der Waals surface area contributed by atoms with Crippen molar-refractivity contribution in [3.05, 3.63) is 11.9 Å². The molecule has 2 fully saturated rings. The van der Waals surface area contributed by atoms with E-state index in [4.69, 9.17) is 0 Å². The van der Waals surface area contributed by atoms with Gasteiger partial charge in [-0.2, -0.15) is 0 Å². The molecule has 2 aliphatic rings. The first-order chi connectivity index (χ1) is 6.45. The first-order valence-corrected chi connectivity index (χ1v) is 5.64. The summed E-state index contributed by atoms with van der Waals surface area (Å²) in [5.41, 5.74) is 1.47. The zero-order valence-corrected chi connectivity index (χ0v) is 8.39. The predicted molar refractivity (Wildman–Crippen MR) is 55.4 cm³/mol. The molecule has 0 saturated carbocycles. The van der Waals surface area contributed by atoms with Gasteiger partial charge in [-0.1, -0.05) is 0 Å². The van der Waals surface area contributed by atoms with E-state index >= 15 is 0 Å². The van der Waals surface area contributed by atoms with E-state index in [1.165, 1.54) is 63.9 Å². The topological polar surface area (TPSA) is 15.3 Å². The Hall–Kier alpha value is -0.660. The number of hydrogen-bond acceptors (Lipinski definition) is 2. The van der Waals surface area contributed by atoms with Gasteiger partial charge in [-0.3, -0.25) is 0 Å². The van der Waals surface area contributed by atoms with Crippen molar-refractivity contribution in [3.8, 4) is 0 Å². The minimum Gasteiger partial charge on any atom is -0.387 e. The quantitative estimate of drug-likeness (QED) is 0.664. The first-order valence-electron chi connectivity index (χ1n) is 5.64. The second-order valence-corrected chi connectivity index (χ2v) is 4.13. The molecule has 0 unspecified atom stereocenters. The highest BCUT2D eigenvalue weighted by Gasteiger charge is 2.09. The number of nitrogens with zero attached hydrogens (tertiary/aromatic N) is 1. The summed E-state index contributed by atoms with van der Waals surface area (Å²) < 4.78 is 0. The van der Waals surface area contributed by atoms with Crippen LogP contribution in [0.2, 0.25) is 0 Å². The molecule has 2 saturated heterocycles. The Morgan fingerprint density at radius 1 is 1.00 bits per heavy atom. The highest BCUT2D eigenvalue weighted by atomic mass is 15.1. The molecule has 1 N–H and O–H groups in total. The molecule has 0 aliphatic carbocycles. The van der Waals surface area contributed by atoms with E-state index in [9.17, 15) is 0 Å². The summed E-state index contributed by atoms with van der Waals surface area (Å²) in [6.45, 7) is 3.72. The number of piperidine rings is 2. The summed E-state index contributed by atoms with van der Waals surface area (Å²) in [6, 6.07) is 0. The van der Waals surface area contributed by atoms with Crippen LogP contribution < -0.4 is 5.32 Å². The second kappa shape index (κ2) is 4.54. The van der Waals surface area contributed by atoms with Crippen LogP contribution in [0.25, 0.3) is 0 Å². The molecule has 0 bridgehead atoms. The fourth-order valence-corrected chi connectivity index (χ4v) is 2.16. The van der Waals surface area contributed by atoms with Gasteiger partial charge in [-0.05, 0) is 38.5 Å². The van der Waals surface area contributed by atoms with Crippen molar-refractivity contribution >= 4 is 0 Å². The monoisotopic (exact) mass is 180 g/mol. The fraction of sp³-hybridized carbons (Fsp3) is 0.818. The van der Waals surface area contributed by atoms with E-state index in [1.807, 2.05) is 0 Å². The average Bonchev–Trinajstić information content (AvgIpc) is 2.21. The van der Waals surface area contributed by atoms with Crippen LogP contribution in [0.15, 0.2) is 11.9 Å². The molecule has 0 radical (unpaired) electrons. The summed E-state index contributed by atoms with van der Waals surface area (Å²) in [5.74, 6) is 0. The Morgan fingerprint density at radius 3 is 2.54 bits per heavy atom. The summed E-state index contributed by atoms with van der Waals surface area (Å²) in [5, 5.41) is 3.49. The van der Waals surface area contributed by atoms with Gasteiger partial charge in [-0.25, -0.2) is 0 Å². The predicted octanol–water partition coefficient (Wildman–Crippen LogP) is 2.09. The Labute approximate surface area is 81.0 Å².